The van der Waals surface area contributed by atoms with E-state index in [0.717, 1.165) is 5.12 Å². The molecule has 15 heavy (non-hydrogen) atoms. The summed E-state index contributed by atoms with van der Waals surface area (Å²) in [6.45, 7) is 1.66. The maximum Gasteiger partial charge on any atom is 0.352 e. The Balaban J connectivity index is 2.95. The zero-order valence-corrected chi connectivity index (χ0v) is 11.1. The van der Waals surface area contributed by atoms with Crippen molar-refractivity contribution in [1.29, 1.82) is 0 Å². The van der Waals surface area contributed by atoms with E-state index < -0.39 is 10.3 Å². The summed E-state index contributed by atoms with van der Waals surface area (Å²) in [4.78, 5) is 5.96. The van der Waals surface area contributed by atoms with Gasteiger partial charge in [-0.2, -0.15) is 13.5 Å². The third-order valence-corrected chi connectivity index (χ3v) is 3.39. The van der Waals surface area contributed by atoms with Gasteiger partial charge in [-0.05, 0) is 29.1 Å². The molecule has 0 aromatic heterocycles. The van der Waals surface area contributed by atoms with Gasteiger partial charge in [-0.1, -0.05) is 4.83 Å². The van der Waals surface area contributed by atoms with Crippen LogP contribution in [0.25, 0.3) is 0 Å². The van der Waals surface area contributed by atoms with Crippen LogP contribution in [0, 0.1) is 0 Å². The molecular weight excluding hydrogens is 308 g/mol. The zero-order chi connectivity index (χ0) is 11.6. The highest BCUT2D eigenvalue weighted by Gasteiger charge is 2.21. The van der Waals surface area contributed by atoms with Gasteiger partial charge in [-0.15, -0.1) is 11.8 Å². The summed E-state index contributed by atoms with van der Waals surface area (Å²) in [6.07, 6.45) is 1.80. The van der Waals surface area contributed by atoms with Crippen LogP contribution < -0.4 is 10.3 Å². The van der Waals surface area contributed by atoms with Crippen LogP contribution in [0.2, 0.25) is 0 Å². The largest absolute Gasteiger partial charge is 0.352 e. The number of hydrazine groups is 2. The normalized spacial score (nSPS) is 17.6. The van der Waals surface area contributed by atoms with Gasteiger partial charge in [0.05, 0.1) is 0 Å². The van der Waals surface area contributed by atoms with E-state index in [0.29, 0.717) is 15.5 Å². The fraction of sp³-hybridized carbons (Fsp3) is 0.400. The van der Waals surface area contributed by atoms with Gasteiger partial charge >= 0.3 is 10.3 Å². The van der Waals surface area contributed by atoms with Gasteiger partial charge in [0, 0.05) is 0 Å². The summed E-state index contributed by atoms with van der Waals surface area (Å²) in [5, 5.41) is 1.60. The van der Waals surface area contributed by atoms with Crippen molar-refractivity contribution in [1.82, 2.24) is 15.4 Å². The number of rotatable bonds is 3. The Morgan fingerprint density at radius 2 is 2.27 bits per heavy atom. The third kappa shape index (κ3) is 3.65. The van der Waals surface area contributed by atoms with E-state index >= 15 is 0 Å². The molecule has 1 aliphatic heterocycles. The Morgan fingerprint density at radius 1 is 1.67 bits per heavy atom. The van der Waals surface area contributed by atoms with Crippen molar-refractivity contribution in [2.24, 2.45) is 4.99 Å². The first kappa shape index (κ1) is 12.8. The molecule has 0 aromatic carbocycles. The number of aliphatic imine (C=N–C) groups is 1. The zero-order valence-electron chi connectivity index (χ0n) is 7.85. The van der Waals surface area contributed by atoms with E-state index in [-0.39, 0.29) is 0 Å². The van der Waals surface area contributed by atoms with Gasteiger partial charge in [0.2, 0.25) is 0 Å². The van der Waals surface area contributed by atoms with E-state index in [2.05, 4.69) is 26.3 Å². The monoisotopic (exact) mass is 316 g/mol. The van der Waals surface area contributed by atoms with Gasteiger partial charge in [0.15, 0.2) is 4.61 Å². The van der Waals surface area contributed by atoms with Crippen molar-refractivity contribution in [3.63, 3.8) is 0 Å². The SMILES string of the molecule is CSC1=C(Br)N(NS(=O)(=O)O)NC(C)=N1. The van der Waals surface area contributed by atoms with E-state index in [1.807, 2.05) is 4.83 Å². The second-order valence-corrected chi connectivity index (χ2v) is 5.19. The average Bonchev–Trinajstić information content (AvgIpc) is 2.08. The lowest BCUT2D eigenvalue weighted by Crippen LogP contribution is -2.52. The highest BCUT2D eigenvalue weighted by Crippen LogP contribution is 2.26. The van der Waals surface area contributed by atoms with E-state index in [1.54, 1.807) is 13.2 Å². The smallest absolute Gasteiger partial charge is 0.272 e. The number of thioether (sulfide) groups is 1. The topological polar surface area (TPSA) is 94.0 Å². The van der Waals surface area contributed by atoms with Crippen LogP contribution in [0.1, 0.15) is 6.92 Å². The third-order valence-electron chi connectivity index (χ3n) is 1.32. The molecule has 86 valence electrons. The molecule has 0 unspecified atom stereocenters. The lowest BCUT2D eigenvalue weighted by molar-refractivity contribution is 0.267. The minimum atomic E-state index is -4.33. The van der Waals surface area contributed by atoms with Crippen LogP contribution >= 0.6 is 27.7 Å². The van der Waals surface area contributed by atoms with Crippen molar-refractivity contribution < 1.29 is 13.0 Å². The first-order valence-electron chi connectivity index (χ1n) is 3.64. The molecule has 0 spiro atoms. The molecule has 0 aromatic rings. The highest BCUT2D eigenvalue weighted by atomic mass is 79.9. The van der Waals surface area contributed by atoms with Crippen LogP contribution in [0.5, 0.6) is 0 Å². The van der Waals surface area contributed by atoms with Crippen molar-refractivity contribution >= 4 is 43.8 Å². The minimum Gasteiger partial charge on any atom is -0.272 e. The molecule has 10 heteroatoms. The molecule has 3 N–H and O–H groups in total. The van der Waals surface area contributed by atoms with Gasteiger partial charge in [0.25, 0.3) is 0 Å². The van der Waals surface area contributed by atoms with Crippen molar-refractivity contribution in [3.8, 4) is 0 Å². The minimum absolute atomic E-state index is 0.373. The Labute approximate surface area is 100.0 Å². The molecule has 0 radical (unpaired) electrons. The fourth-order valence-electron chi connectivity index (χ4n) is 0.838. The first-order chi connectivity index (χ1) is 6.83. The molecule has 1 rings (SSSR count). The van der Waals surface area contributed by atoms with Crippen LogP contribution in [0.4, 0.5) is 0 Å². The van der Waals surface area contributed by atoms with E-state index in [9.17, 15) is 8.42 Å². The van der Waals surface area contributed by atoms with Crippen LogP contribution in [-0.4, -0.2) is 30.2 Å². The van der Waals surface area contributed by atoms with Gasteiger partial charge in [0.1, 0.15) is 10.9 Å². The maximum atomic E-state index is 10.6. The number of nitrogens with one attached hydrogen (secondary N) is 2. The fourth-order valence-corrected chi connectivity index (χ4v) is 2.56. The summed E-state index contributed by atoms with van der Waals surface area (Å²) >= 11 is 4.47. The van der Waals surface area contributed by atoms with Gasteiger partial charge < -0.3 is 0 Å². The Hall–Kier alpha value is -0.290. The maximum absolute atomic E-state index is 10.6. The van der Waals surface area contributed by atoms with Crippen molar-refractivity contribution in [3.05, 3.63) is 9.64 Å². The van der Waals surface area contributed by atoms with Crippen LogP contribution in [-0.2, 0) is 10.3 Å². The van der Waals surface area contributed by atoms with Crippen LogP contribution in [0.3, 0.4) is 0 Å². The Morgan fingerprint density at radius 3 is 2.73 bits per heavy atom. The molecular formula is C5H9BrN4O3S2. The predicted molar refractivity (Wildman–Crippen MR) is 62.2 cm³/mol. The Bertz CT molecular complexity index is 418. The van der Waals surface area contributed by atoms with Crippen molar-refractivity contribution in [2.75, 3.05) is 6.26 Å². The number of hydrogen-bond acceptors (Lipinski definition) is 6. The number of amidine groups is 1. The van der Waals surface area contributed by atoms with E-state index in [4.69, 9.17) is 4.55 Å². The number of halogens is 1. The molecule has 0 saturated heterocycles. The summed E-state index contributed by atoms with van der Waals surface area (Å²) < 4.78 is 30.2. The molecule has 1 heterocycles. The first-order valence-corrected chi connectivity index (χ1v) is 7.10. The summed E-state index contributed by atoms with van der Waals surface area (Å²) in [6, 6.07) is 0. The molecule has 1 aliphatic rings. The van der Waals surface area contributed by atoms with Gasteiger partial charge in [-0.3, -0.25) is 9.98 Å². The predicted octanol–water partition coefficient (Wildman–Crippen LogP) is 0.417. The summed E-state index contributed by atoms with van der Waals surface area (Å²) in [5.41, 5.74) is 2.60. The molecule has 0 saturated carbocycles. The lowest BCUT2D eigenvalue weighted by Gasteiger charge is -2.28. The van der Waals surface area contributed by atoms with Gasteiger partial charge in [-0.25, -0.2) is 4.99 Å². The number of hydrogen-bond donors (Lipinski definition) is 3. The van der Waals surface area contributed by atoms with E-state index in [1.165, 1.54) is 11.8 Å². The average molecular weight is 317 g/mol. The molecule has 0 bridgehead atoms. The molecule has 7 nitrogen and oxygen atoms in total. The second kappa shape index (κ2) is 4.70. The molecule has 0 atom stereocenters. The quantitative estimate of drug-likeness (QED) is 0.516. The standard InChI is InChI=1S/C5H9BrN4O3S2/c1-3-7-5(14-2)4(6)10(8-3)9-15(11,12)13/h9H,1-2H3,(H,7,8)(H,11,12,13). The van der Waals surface area contributed by atoms with Crippen LogP contribution in [0.15, 0.2) is 14.6 Å². The molecule has 0 fully saturated rings. The Kier molecular flexibility index (Phi) is 4.00. The highest BCUT2D eigenvalue weighted by molar-refractivity contribution is 9.11. The second-order valence-electron chi connectivity index (χ2n) is 2.51. The molecule has 0 amide bonds. The number of nitrogens with zero attached hydrogens (tertiary/aromatic N) is 2. The van der Waals surface area contributed by atoms with Crippen molar-refractivity contribution in [2.45, 2.75) is 6.92 Å². The summed E-state index contributed by atoms with van der Waals surface area (Å²) in [7, 11) is -4.33. The lowest BCUT2D eigenvalue weighted by atomic mass is 10.6. The molecule has 0 aliphatic carbocycles. The summed E-state index contributed by atoms with van der Waals surface area (Å²) in [5.74, 6) is 0.499.